The Kier molecular flexibility index (Phi) is 10.3. The minimum atomic E-state index is -2.67. The van der Waals surface area contributed by atoms with Gasteiger partial charge < -0.3 is 17.1 Å². The van der Waals surface area contributed by atoms with Gasteiger partial charge in [0, 0.05) is 12.7 Å². The molecule has 0 saturated carbocycles. The Labute approximate surface area is 161 Å². The Balaban J connectivity index is 5.08. The van der Waals surface area contributed by atoms with Gasteiger partial charge in [-0.1, -0.05) is 12.2 Å². The van der Waals surface area contributed by atoms with E-state index in [-0.39, 0.29) is 0 Å². The average molecular weight is 423 g/mol. The van der Waals surface area contributed by atoms with Gasteiger partial charge in [0.2, 0.25) is 0 Å². The molecule has 0 N–H and O–H groups in total. The van der Waals surface area contributed by atoms with Crippen molar-refractivity contribution in [2.45, 2.75) is 84.7 Å². The van der Waals surface area contributed by atoms with Gasteiger partial charge in [0.25, 0.3) is 0 Å². The van der Waals surface area contributed by atoms with Gasteiger partial charge in [-0.25, -0.2) is 0 Å². The van der Waals surface area contributed by atoms with Crippen LogP contribution in [0.1, 0.15) is 19.8 Å². The maximum Gasteiger partial charge on any atom is 0.469 e. The van der Waals surface area contributed by atoms with E-state index >= 15 is 0 Å². The van der Waals surface area contributed by atoms with Crippen LogP contribution in [-0.4, -0.2) is 47.0 Å². The van der Waals surface area contributed by atoms with Gasteiger partial charge in [0.1, 0.15) is 0 Å². The van der Waals surface area contributed by atoms with Crippen molar-refractivity contribution in [2.24, 2.45) is 0 Å². The van der Waals surface area contributed by atoms with E-state index in [1.807, 2.05) is 6.92 Å². The van der Waals surface area contributed by atoms with Crippen LogP contribution >= 0.6 is 0 Å². The minimum absolute atomic E-state index is 0.644. The molecule has 0 aliphatic carbocycles. The lowest BCUT2D eigenvalue weighted by atomic mass is 10.3. The highest BCUT2D eigenvalue weighted by atomic mass is 28.5. The van der Waals surface area contributed by atoms with Gasteiger partial charge in [-0.3, -0.25) is 0 Å². The Morgan fingerprint density at radius 3 is 1.44 bits per heavy atom. The molecule has 150 valence electrons. The van der Waals surface area contributed by atoms with Crippen LogP contribution in [0.5, 0.6) is 0 Å². The van der Waals surface area contributed by atoms with Gasteiger partial charge in [-0.05, 0) is 78.7 Å². The molecule has 0 spiro atoms. The largest absolute Gasteiger partial charge is 0.469 e. The van der Waals surface area contributed by atoms with Crippen molar-refractivity contribution >= 4 is 33.8 Å². The Morgan fingerprint density at radius 2 is 1.12 bits per heavy atom. The van der Waals surface area contributed by atoms with Crippen molar-refractivity contribution in [3.63, 3.8) is 0 Å². The number of unbranched alkanes of at least 4 members (excludes halogenated alkanes) is 1. The number of rotatable bonds is 13. The summed E-state index contributed by atoms with van der Waals surface area (Å²) in [5, 5.41) is 0. The lowest BCUT2D eigenvalue weighted by Gasteiger charge is -2.43. The van der Waals surface area contributed by atoms with Crippen molar-refractivity contribution in [3.05, 3.63) is 12.2 Å². The number of hydrogen-bond donors (Lipinski definition) is 0. The zero-order valence-corrected chi connectivity index (χ0v) is 22.4. The maximum absolute atomic E-state index is 6.67. The smallest absolute Gasteiger partial charge is 0.417 e. The number of hydrogen-bond acceptors (Lipinski definition) is 4. The van der Waals surface area contributed by atoms with Crippen molar-refractivity contribution in [1.29, 1.82) is 0 Å². The minimum Gasteiger partial charge on any atom is -0.417 e. The van der Waals surface area contributed by atoms with Gasteiger partial charge in [-0.15, -0.1) is 0 Å². The molecule has 0 aromatic heterocycles. The normalized spacial score (nSPS) is 14.0. The topological polar surface area (TPSA) is 36.9 Å². The summed E-state index contributed by atoms with van der Waals surface area (Å²) in [5.41, 5.74) is 1.06. The van der Waals surface area contributed by atoms with Crippen molar-refractivity contribution in [2.75, 3.05) is 13.2 Å². The number of ether oxygens (including phenoxy) is 1. The standard InChI is InChI=1S/C17H42O4Si4/c1-17(2)16-18-14-12-13-15-25(19-22(3,4)5,20-23(6,7)8)21-24(9,10)11/h1,12-16H2,2-11H3. The molecule has 0 heterocycles. The van der Waals surface area contributed by atoms with Crippen LogP contribution in [0, 0.1) is 0 Å². The van der Waals surface area contributed by atoms with Crippen molar-refractivity contribution in [3.8, 4) is 0 Å². The summed E-state index contributed by atoms with van der Waals surface area (Å²) in [5.74, 6) is 0. The van der Waals surface area contributed by atoms with E-state index in [1.54, 1.807) is 0 Å². The van der Waals surface area contributed by atoms with Crippen LogP contribution in [0.15, 0.2) is 12.2 Å². The summed E-state index contributed by atoms with van der Waals surface area (Å²) in [4.78, 5) is 0. The van der Waals surface area contributed by atoms with Gasteiger partial charge in [-0.2, -0.15) is 0 Å². The lowest BCUT2D eigenvalue weighted by molar-refractivity contribution is 0.151. The molecule has 0 radical (unpaired) electrons. The zero-order valence-electron chi connectivity index (χ0n) is 18.4. The molecule has 0 saturated heterocycles. The Bertz CT molecular complexity index is 368. The molecule has 0 aliphatic rings. The van der Waals surface area contributed by atoms with E-state index in [4.69, 9.17) is 17.1 Å². The Morgan fingerprint density at radius 1 is 0.720 bits per heavy atom. The molecule has 0 rings (SSSR count). The second-order valence-corrected chi connectivity index (χ2v) is 26.8. The zero-order chi connectivity index (χ0) is 19.9. The second kappa shape index (κ2) is 10.1. The molecule has 0 fully saturated rings. The summed E-state index contributed by atoms with van der Waals surface area (Å²) >= 11 is 0. The quantitative estimate of drug-likeness (QED) is 0.212. The van der Waals surface area contributed by atoms with Crippen LogP contribution in [-0.2, 0) is 17.1 Å². The molecule has 0 aromatic rings. The van der Waals surface area contributed by atoms with E-state index < -0.39 is 33.8 Å². The van der Waals surface area contributed by atoms with E-state index in [1.165, 1.54) is 0 Å². The fourth-order valence-corrected chi connectivity index (χ4v) is 17.1. The van der Waals surface area contributed by atoms with Crippen LogP contribution in [0.4, 0.5) is 0 Å². The summed E-state index contributed by atoms with van der Waals surface area (Å²) in [6.45, 7) is 27.3. The summed E-state index contributed by atoms with van der Waals surface area (Å²) < 4.78 is 25.6. The van der Waals surface area contributed by atoms with Crippen molar-refractivity contribution < 1.29 is 17.1 Å². The Hall–Kier alpha value is 0.448. The molecular weight excluding hydrogens is 381 g/mol. The van der Waals surface area contributed by atoms with E-state index in [2.05, 4.69) is 65.5 Å². The molecular formula is C17H42O4Si4. The first kappa shape index (κ1) is 25.4. The maximum atomic E-state index is 6.67. The lowest BCUT2D eigenvalue weighted by Crippen LogP contribution is -2.60. The monoisotopic (exact) mass is 422 g/mol. The highest BCUT2D eigenvalue weighted by Crippen LogP contribution is 2.30. The predicted molar refractivity (Wildman–Crippen MR) is 119 cm³/mol. The molecule has 8 heteroatoms. The van der Waals surface area contributed by atoms with Crippen molar-refractivity contribution in [1.82, 2.24) is 0 Å². The molecule has 0 bridgehead atoms. The third-order valence-electron chi connectivity index (χ3n) is 2.76. The van der Waals surface area contributed by atoms with Gasteiger partial charge in [0.15, 0.2) is 25.0 Å². The predicted octanol–water partition coefficient (Wildman–Crippen LogP) is 5.85. The van der Waals surface area contributed by atoms with Crippen LogP contribution < -0.4 is 0 Å². The fourth-order valence-electron chi connectivity index (χ4n) is 2.41. The summed E-state index contributed by atoms with van der Waals surface area (Å²) in [7, 11) is -7.98. The van der Waals surface area contributed by atoms with Crippen LogP contribution in [0.25, 0.3) is 0 Å². The van der Waals surface area contributed by atoms with E-state index in [0.29, 0.717) is 6.61 Å². The fraction of sp³-hybridized carbons (Fsp3) is 0.882. The molecule has 0 aliphatic heterocycles. The second-order valence-electron chi connectivity index (χ2n) is 9.79. The highest BCUT2D eigenvalue weighted by Gasteiger charge is 2.49. The molecule has 4 nitrogen and oxygen atoms in total. The third kappa shape index (κ3) is 15.2. The van der Waals surface area contributed by atoms with Crippen LogP contribution in [0.2, 0.25) is 65.0 Å². The molecule has 25 heavy (non-hydrogen) atoms. The first-order chi connectivity index (χ1) is 11.0. The van der Waals surface area contributed by atoms with E-state index in [0.717, 1.165) is 31.1 Å². The first-order valence-electron chi connectivity index (χ1n) is 9.36. The average Bonchev–Trinajstić information content (AvgIpc) is 2.25. The molecule has 0 atom stereocenters. The molecule has 0 aromatic carbocycles. The SMILES string of the molecule is C=C(C)COCCCC[Si](O[Si](C)(C)C)(O[Si](C)(C)C)O[Si](C)(C)C. The molecule has 0 unspecified atom stereocenters. The molecule has 0 amide bonds. The van der Waals surface area contributed by atoms with E-state index in [9.17, 15) is 0 Å². The first-order valence-corrected chi connectivity index (χ1v) is 21.5. The van der Waals surface area contributed by atoms with Gasteiger partial charge >= 0.3 is 8.80 Å². The summed E-state index contributed by atoms with van der Waals surface area (Å²) in [6.07, 6.45) is 2.02. The summed E-state index contributed by atoms with van der Waals surface area (Å²) in [6, 6.07) is 0.891. The van der Waals surface area contributed by atoms with Gasteiger partial charge in [0.05, 0.1) is 6.61 Å². The van der Waals surface area contributed by atoms with Crippen LogP contribution in [0.3, 0.4) is 0 Å². The third-order valence-corrected chi connectivity index (χ3v) is 14.8. The highest BCUT2D eigenvalue weighted by molar-refractivity contribution is 6.90.